The summed E-state index contributed by atoms with van der Waals surface area (Å²) in [6.07, 6.45) is 2.59. The number of nitrogens with one attached hydrogen (secondary N) is 1. The zero-order valence-corrected chi connectivity index (χ0v) is 18.2. The molecule has 1 unspecified atom stereocenters. The summed E-state index contributed by atoms with van der Waals surface area (Å²) in [7, 11) is 0. The molecule has 2 aromatic carbocycles. The molecule has 0 radical (unpaired) electrons. The molecule has 1 fully saturated rings. The second-order valence-electron chi connectivity index (χ2n) is 8.13. The van der Waals surface area contributed by atoms with Gasteiger partial charge in [0.2, 0.25) is 0 Å². The number of amides is 1. The highest BCUT2D eigenvalue weighted by atomic mass is 35.5. The first-order chi connectivity index (χ1) is 14.5. The molecule has 0 aliphatic carbocycles. The quantitative estimate of drug-likeness (QED) is 0.605. The summed E-state index contributed by atoms with van der Waals surface area (Å²) in [6.45, 7) is 7.38. The molecule has 1 amide bonds. The zero-order valence-electron chi connectivity index (χ0n) is 17.4. The molecule has 0 bridgehead atoms. The largest absolute Gasteiger partial charge is 0.322 e. The van der Waals surface area contributed by atoms with Crippen LogP contribution >= 0.6 is 11.6 Å². The second kappa shape index (κ2) is 9.02. The number of hydrogen-bond acceptors (Lipinski definition) is 3. The number of halogens is 1. The van der Waals surface area contributed by atoms with Crippen molar-refractivity contribution in [1.82, 2.24) is 14.7 Å². The highest BCUT2D eigenvalue weighted by molar-refractivity contribution is 6.34. The summed E-state index contributed by atoms with van der Waals surface area (Å²) in [5, 5.41) is 7.71. The van der Waals surface area contributed by atoms with Crippen molar-refractivity contribution >= 4 is 23.2 Å². The van der Waals surface area contributed by atoms with Gasteiger partial charge in [0.25, 0.3) is 5.91 Å². The number of anilines is 1. The molecular formula is C24H27ClN4O. The van der Waals surface area contributed by atoms with Gasteiger partial charge in [-0.05, 0) is 62.1 Å². The predicted octanol–water partition coefficient (Wildman–Crippen LogP) is 5.32. The highest BCUT2D eigenvalue weighted by Gasteiger charge is 2.21. The van der Waals surface area contributed by atoms with Crippen LogP contribution < -0.4 is 5.32 Å². The maximum Gasteiger partial charge on any atom is 0.260 e. The average molecular weight is 423 g/mol. The van der Waals surface area contributed by atoms with E-state index in [0.29, 0.717) is 16.4 Å². The van der Waals surface area contributed by atoms with Crippen LogP contribution in [0.2, 0.25) is 5.15 Å². The minimum absolute atomic E-state index is 0.253. The van der Waals surface area contributed by atoms with Gasteiger partial charge in [-0.3, -0.25) is 9.69 Å². The van der Waals surface area contributed by atoms with Crippen molar-refractivity contribution in [2.24, 2.45) is 5.92 Å². The topological polar surface area (TPSA) is 50.2 Å². The molecule has 2 heterocycles. The molecule has 4 rings (SSSR count). The van der Waals surface area contributed by atoms with E-state index in [-0.39, 0.29) is 5.91 Å². The van der Waals surface area contributed by atoms with Gasteiger partial charge in [0.15, 0.2) is 0 Å². The Hall–Kier alpha value is -2.63. The lowest BCUT2D eigenvalue weighted by atomic mass is 10.00. The van der Waals surface area contributed by atoms with E-state index in [1.165, 1.54) is 18.4 Å². The van der Waals surface area contributed by atoms with Crippen LogP contribution in [0.25, 0.3) is 5.69 Å². The van der Waals surface area contributed by atoms with Gasteiger partial charge in [-0.25, -0.2) is 4.68 Å². The van der Waals surface area contributed by atoms with Gasteiger partial charge >= 0.3 is 0 Å². The minimum Gasteiger partial charge on any atom is -0.322 e. The number of para-hydroxylation sites is 1. The van der Waals surface area contributed by atoms with Crippen LogP contribution in [0.3, 0.4) is 0 Å². The van der Waals surface area contributed by atoms with Crippen LogP contribution in [0.1, 0.15) is 41.4 Å². The van der Waals surface area contributed by atoms with E-state index in [4.69, 9.17) is 11.6 Å². The van der Waals surface area contributed by atoms with Gasteiger partial charge in [0, 0.05) is 18.8 Å². The molecule has 1 atom stereocenters. The maximum absolute atomic E-state index is 12.9. The van der Waals surface area contributed by atoms with E-state index in [2.05, 4.69) is 34.4 Å². The third-order valence-corrected chi connectivity index (χ3v) is 5.94. The van der Waals surface area contributed by atoms with Gasteiger partial charge in [-0.15, -0.1) is 0 Å². The summed E-state index contributed by atoms with van der Waals surface area (Å²) in [6, 6.07) is 17.6. The van der Waals surface area contributed by atoms with Crippen molar-refractivity contribution in [2.45, 2.75) is 33.2 Å². The lowest BCUT2D eigenvalue weighted by Gasteiger charge is -2.30. The second-order valence-corrected chi connectivity index (χ2v) is 8.49. The van der Waals surface area contributed by atoms with Gasteiger partial charge in [-0.1, -0.05) is 48.9 Å². The SMILES string of the molecule is Cc1nn(-c2ccccc2)c(Cl)c1C(=O)Nc1ccc(CN2CCCC(C)C2)cc1. The number of benzene rings is 2. The van der Waals surface area contributed by atoms with E-state index >= 15 is 0 Å². The Balaban J connectivity index is 1.45. The highest BCUT2D eigenvalue weighted by Crippen LogP contribution is 2.25. The first kappa shape index (κ1) is 20.6. The van der Waals surface area contributed by atoms with Crippen LogP contribution in [-0.4, -0.2) is 33.7 Å². The van der Waals surface area contributed by atoms with E-state index in [1.807, 2.05) is 42.5 Å². The first-order valence-electron chi connectivity index (χ1n) is 10.4. The Kier molecular flexibility index (Phi) is 6.21. The molecule has 5 nitrogen and oxygen atoms in total. The van der Waals surface area contributed by atoms with Gasteiger partial charge < -0.3 is 5.32 Å². The number of carbonyl (C=O) groups is 1. The van der Waals surface area contributed by atoms with Crippen molar-refractivity contribution in [3.63, 3.8) is 0 Å². The molecule has 3 aromatic rings. The standard InChI is InChI=1S/C24H27ClN4O/c1-17-7-6-14-28(15-17)16-19-10-12-20(13-11-19)26-24(30)22-18(2)27-29(23(22)25)21-8-4-3-5-9-21/h3-5,8-13,17H,6-7,14-16H2,1-2H3,(H,26,30). The first-order valence-corrected chi connectivity index (χ1v) is 10.8. The number of aromatic nitrogens is 2. The van der Waals surface area contributed by atoms with Crippen LogP contribution in [0.4, 0.5) is 5.69 Å². The molecule has 1 aliphatic rings. The fourth-order valence-electron chi connectivity index (χ4n) is 4.07. The summed E-state index contributed by atoms with van der Waals surface area (Å²) in [5.41, 5.74) is 3.82. The zero-order chi connectivity index (χ0) is 21.1. The maximum atomic E-state index is 12.9. The van der Waals surface area contributed by atoms with Crippen LogP contribution in [0.15, 0.2) is 54.6 Å². The molecule has 1 saturated heterocycles. The van der Waals surface area contributed by atoms with Gasteiger partial charge in [-0.2, -0.15) is 5.10 Å². The van der Waals surface area contributed by atoms with E-state index < -0.39 is 0 Å². The van der Waals surface area contributed by atoms with Crippen molar-refractivity contribution in [2.75, 3.05) is 18.4 Å². The molecule has 30 heavy (non-hydrogen) atoms. The molecule has 1 aliphatic heterocycles. The fraction of sp³-hybridized carbons (Fsp3) is 0.333. The number of piperidine rings is 1. The Bertz CT molecular complexity index is 1010. The third kappa shape index (κ3) is 4.58. The predicted molar refractivity (Wildman–Crippen MR) is 121 cm³/mol. The van der Waals surface area contributed by atoms with Gasteiger partial charge in [0.05, 0.1) is 11.4 Å². The van der Waals surface area contributed by atoms with Crippen LogP contribution in [-0.2, 0) is 6.54 Å². The average Bonchev–Trinajstić information content (AvgIpc) is 3.04. The van der Waals surface area contributed by atoms with Gasteiger partial charge in [0.1, 0.15) is 10.7 Å². The number of carbonyl (C=O) groups excluding carboxylic acids is 1. The normalized spacial score (nSPS) is 17.1. The van der Waals surface area contributed by atoms with Crippen LogP contribution in [0.5, 0.6) is 0 Å². The Morgan fingerprint density at radius 1 is 1.17 bits per heavy atom. The smallest absolute Gasteiger partial charge is 0.260 e. The third-order valence-electron chi connectivity index (χ3n) is 5.59. The van der Waals surface area contributed by atoms with Crippen molar-refractivity contribution in [3.8, 4) is 5.69 Å². The number of likely N-dealkylation sites (tertiary alicyclic amines) is 1. The summed E-state index contributed by atoms with van der Waals surface area (Å²) < 4.78 is 1.59. The minimum atomic E-state index is -0.253. The number of aryl methyl sites for hydroxylation is 1. The summed E-state index contributed by atoms with van der Waals surface area (Å²) in [5.74, 6) is 0.513. The lowest BCUT2D eigenvalue weighted by Crippen LogP contribution is -2.33. The van der Waals surface area contributed by atoms with Crippen molar-refractivity contribution < 1.29 is 4.79 Å². The van der Waals surface area contributed by atoms with Crippen molar-refractivity contribution in [3.05, 3.63) is 76.6 Å². The fourth-order valence-corrected chi connectivity index (χ4v) is 4.43. The molecular weight excluding hydrogens is 396 g/mol. The molecule has 0 saturated carbocycles. The Labute approximate surface area is 182 Å². The molecule has 1 aromatic heterocycles. The lowest BCUT2D eigenvalue weighted by molar-refractivity contribution is 0.102. The number of hydrogen-bond donors (Lipinski definition) is 1. The number of rotatable bonds is 5. The monoisotopic (exact) mass is 422 g/mol. The molecule has 1 N–H and O–H groups in total. The molecule has 0 spiro atoms. The van der Waals surface area contributed by atoms with E-state index in [0.717, 1.165) is 36.9 Å². The molecule has 6 heteroatoms. The van der Waals surface area contributed by atoms with E-state index in [9.17, 15) is 4.79 Å². The Morgan fingerprint density at radius 3 is 2.60 bits per heavy atom. The van der Waals surface area contributed by atoms with Crippen LogP contribution in [0, 0.1) is 12.8 Å². The number of nitrogens with zero attached hydrogens (tertiary/aromatic N) is 3. The summed E-state index contributed by atoms with van der Waals surface area (Å²) >= 11 is 6.50. The molecule has 156 valence electrons. The summed E-state index contributed by atoms with van der Waals surface area (Å²) in [4.78, 5) is 15.4. The van der Waals surface area contributed by atoms with Crippen molar-refractivity contribution in [1.29, 1.82) is 0 Å². The Morgan fingerprint density at radius 2 is 1.90 bits per heavy atom. The van der Waals surface area contributed by atoms with E-state index in [1.54, 1.807) is 11.6 Å².